The summed E-state index contributed by atoms with van der Waals surface area (Å²) in [6.45, 7) is 17.0. The monoisotopic (exact) mass is 2060 g/mol. The van der Waals surface area contributed by atoms with E-state index in [0.717, 1.165) is 106 Å². The molecule has 6 saturated heterocycles. The van der Waals surface area contributed by atoms with Crippen molar-refractivity contribution in [2.45, 2.75) is 295 Å². The molecule has 2 unspecified atom stereocenters. The van der Waals surface area contributed by atoms with E-state index in [4.69, 9.17) is 76.8 Å². The van der Waals surface area contributed by atoms with Gasteiger partial charge < -0.3 is 85.9 Å². The largest absolute Gasteiger partial charge is 0.540 e. The maximum absolute atomic E-state index is 15.9. The fourth-order valence-electron chi connectivity index (χ4n) is 23.6. The van der Waals surface area contributed by atoms with Crippen molar-refractivity contribution in [2.24, 2.45) is 81.3 Å². The first-order valence-corrected chi connectivity index (χ1v) is 50.6. The Morgan fingerprint density at radius 3 is 1.51 bits per heavy atom. The van der Waals surface area contributed by atoms with Gasteiger partial charge in [0.1, 0.15) is 58.7 Å². The Hall–Kier alpha value is -8.20. The Morgan fingerprint density at radius 1 is 0.518 bits per heavy atom. The molecule has 18 rings (SSSR count). The van der Waals surface area contributed by atoms with Crippen molar-refractivity contribution in [1.29, 1.82) is 0 Å². The summed E-state index contributed by atoms with van der Waals surface area (Å²) in [6.07, 6.45) is 26.2. The van der Waals surface area contributed by atoms with Crippen LogP contribution < -0.4 is 28.4 Å². The number of hydrogen-bond donors (Lipinski definition) is 0. The van der Waals surface area contributed by atoms with Gasteiger partial charge in [0.2, 0.25) is 35.4 Å². The van der Waals surface area contributed by atoms with Crippen molar-refractivity contribution in [3.63, 3.8) is 0 Å². The number of halogens is 2. The van der Waals surface area contributed by atoms with Crippen LogP contribution in [-0.4, -0.2) is 235 Å². The molecule has 10 fully saturated rings. The molecule has 3 aromatic carbocycles. The number of amides is 3. The van der Waals surface area contributed by atoms with Crippen LogP contribution in [0.5, 0.6) is 34.9 Å². The summed E-state index contributed by atoms with van der Waals surface area (Å²) in [5.41, 5.74) is 2.37. The van der Waals surface area contributed by atoms with Gasteiger partial charge in [0.15, 0.2) is 5.69 Å². The van der Waals surface area contributed by atoms with Crippen molar-refractivity contribution in [3.05, 3.63) is 71.7 Å². The molecule has 18 atom stereocenters. The normalized spacial score (nSPS) is 29.6. The summed E-state index contributed by atoms with van der Waals surface area (Å²) in [4.78, 5) is 153. The molecule has 0 spiro atoms. The molecule has 6 aromatic rings. The molecule has 4 bridgehead atoms. The van der Waals surface area contributed by atoms with Gasteiger partial charge in [0, 0.05) is 120 Å². The van der Waals surface area contributed by atoms with Crippen LogP contribution in [-0.2, 0) is 146 Å². The van der Waals surface area contributed by atoms with Gasteiger partial charge in [0.25, 0.3) is 5.92 Å². The fraction of sp³-hybridized carbons (Fsp3) is 0.689. The van der Waals surface area contributed by atoms with Gasteiger partial charge in [-0.2, -0.15) is 8.78 Å². The van der Waals surface area contributed by atoms with Gasteiger partial charge in [-0.1, -0.05) is 111 Å². The van der Waals surface area contributed by atoms with E-state index in [1.807, 2.05) is 63.5 Å². The standard InChI is InChI=1S/C36H46N3O7.C36H48N3O7.C34H44F2N3O7.3V/c1-21-30(20-40)39-19-32(21)46-34-28(37-27-10-9-23(43-3)17-29(27)38-34)8-6-4-5-7-24-25-15-22(25)16-31(24)45-33(41)18-26(35(39)42)36(2)11-13-44-14-12-36;1-23-30(22-40)39-21-31(23)45-33-28(37-27-13-12-25(43-4)19-29(27)38-33)11-7-5-6-9-24-10-8-14-36(24,3)46-32(41)20-26(34(39)42)35(2)15-17-44-18-16-35;1-21-27(20-40)39(32(42)24(18-29(41)44-4)33(2)13-15-45-16-14-33)19-28(21)46-31-30(34(35,36)12-6-5-7-22-8-9-22)37-25-11-10-23(43-3)17-26(25)38-31;;;/h9-10,17,21-22,24-26,30-32H,4-8,11-16,18-19H2,1-3H3;12-13,19,23-24,26,30-31H,5-11,14-18,20-21H2,1-4H3;10-11,17,21-22,24,27-28H,5-9,12-16,18-19H2,1-4H3;;;/q3*-1;;;/t21-,22?,24+,25?,26+,30+,31+,32-;23-,24+,26+,30+,31-,36+;21-,24+,27+,28-;;;/m000.../s1. The second-order valence-corrected chi connectivity index (χ2v) is 42.3. The summed E-state index contributed by atoms with van der Waals surface area (Å²) in [5, 5.41) is 0. The molecule has 4 saturated carbocycles. The molecule has 11 heterocycles. The first-order valence-electron chi connectivity index (χ1n) is 50.6. The van der Waals surface area contributed by atoms with Gasteiger partial charge >= 0.3 is 17.9 Å². The van der Waals surface area contributed by atoms with Crippen LogP contribution in [0.15, 0.2) is 54.6 Å². The number of aryl methyl sites for hydroxylation is 2. The van der Waals surface area contributed by atoms with Crippen molar-refractivity contribution in [3.8, 4) is 34.9 Å². The number of alkyl halides is 2. The Bertz CT molecular complexity index is 5280. The number of carbonyl (C=O) groups excluding carboxylic acids is 9. The minimum atomic E-state index is -3.32. The number of hydrogen-bond acceptors (Lipinski definition) is 27. The molecule has 3 aromatic heterocycles. The van der Waals surface area contributed by atoms with E-state index in [1.54, 1.807) is 49.1 Å². The molecular formula is C106H138F2N9O21V3-3. The molecule has 8 aliphatic heterocycles. The second kappa shape index (κ2) is 48.0. The van der Waals surface area contributed by atoms with Crippen molar-refractivity contribution in [2.75, 3.05) is 87.7 Å². The summed E-state index contributed by atoms with van der Waals surface area (Å²) in [6, 6.07) is 13.4. The number of ether oxygens (including phenoxy) is 12. The molecule has 4 aliphatic carbocycles. The number of carbonyl (C=O) groups is 6. The number of likely N-dealkylation sites (tertiary alicyclic amines) is 1. The summed E-state index contributed by atoms with van der Waals surface area (Å²) < 4.78 is 102. The quantitative estimate of drug-likeness (QED) is 0.0296. The molecule has 765 valence electrons. The molecule has 0 N–H and O–H groups in total. The van der Waals surface area contributed by atoms with Gasteiger partial charge in [-0.05, 0) is 222 Å². The number of fused-ring (bicyclic) bond motifs is 13. The Balaban J connectivity index is 0.000000176. The smallest absolute Gasteiger partial charge is 0.307 e. The first kappa shape index (κ1) is 110. The number of unbranched alkanes of at least 4 members (excludes halogenated alkanes) is 1. The topological polar surface area (TPSA) is 351 Å². The van der Waals surface area contributed by atoms with Gasteiger partial charge in [-0.15, -0.1) is 0 Å². The second-order valence-electron chi connectivity index (χ2n) is 42.3. The van der Waals surface area contributed by atoms with E-state index < -0.39 is 112 Å². The van der Waals surface area contributed by atoms with Crippen molar-refractivity contribution in [1.82, 2.24) is 44.6 Å². The van der Waals surface area contributed by atoms with Gasteiger partial charge in [-0.3, -0.25) is 28.8 Å². The minimum absolute atomic E-state index is 0. The Morgan fingerprint density at radius 2 is 1.01 bits per heavy atom. The van der Waals surface area contributed by atoms with Crippen LogP contribution in [0.3, 0.4) is 0 Å². The Kier molecular flexibility index (Phi) is 37.4. The van der Waals surface area contributed by atoms with E-state index >= 15 is 8.78 Å². The van der Waals surface area contributed by atoms with E-state index in [0.29, 0.717) is 173 Å². The van der Waals surface area contributed by atoms with Crippen molar-refractivity contribution >= 4 is 87.6 Å². The maximum Gasteiger partial charge on any atom is 0.307 e. The first-order chi connectivity index (χ1) is 66.4. The zero-order chi connectivity index (χ0) is 97.5. The molecular weight excluding hydrogens is 1930 g/mol. The van der Waals surface area contributed by atoms with Crippen LogP contribution >= 0.6 is 0 Å². The third-order valence-electron chi connectivity index (χ3n) is 33.3. The zero-order valence-corrected chi connectivity index (χ0v) is 87.6. The van der Waals surface area contributed by atoms with Gasteiger partial charge in [-0.25, -0.2) is 48.8 Å². The average molecular weight is 2070 g/mol. The van der Waals surface area contributed by atoms with Crippen LogP contribution in [0.4, 0.5) is 8.78 Å². The number of aromatic nitrogens is 6. The molecule has 35 heteroatoms. The number of benzene rings is 3. The average Bonchev–Trinajstić information content (AvgIpc) is 1.56. The third-order valence-corrected chi connectivity index (χ3v) is 33.3. The number of methoxy groups -OCH3 is 4. The van der Waals surface area contributed by atoms with Gasteiger partial charge in [0.05, 0.1) is 118 Å². The molecule has 12 aliphatic rings. The minimum Gasteiger partial charge on any atom is -0.540 e. The number of rotatable bonds is 20. The van der Waals surface area contributed by atoms with E-state index in [2.05, 4.69) is 43.3 Å². The number of nitrogens with zero attached hydrogens (tertiary/aromatic N) is 9. The van der Waals surface area contributed by atoms with Crippen LogP contribution in [0.2, 0.25) is 0 Å². The zero-order valence-electron chi connectivity index (χ0n) is 83.4. The predicted molar refractivity (Wildman–Crippen MR) is 504 cm³/mol. The molecule has 3 radical (unpaired) electrons. The molecule has 141 heavy (non-hydrogen) atoms. The fourth-order valence-corrected chi connectivity index (χ4v) is 23.6. The third kappa shape index (κ3) is 25.0. The van der Waals surface area contributed by atoms with E-state index in [-0.39, 0.29) is 154 Å². The molecule has 30 nitrogen and oxygen atoms in total. The Labute approximate surface area is 861 Å². The van der Waals surface area contributed by atoms with Crippen LogP contribution in [0.25, 0.3) is 33.1 Å². The summed E-state index contributed by atoms with van der Waals surface area (Å²) in [7, 11) is 5.99. The predicted octanol–water partition coefficient (Wildman–Crippen LogP) is 15.6. The van der Waals surface area contributed by atoms with Crippen LogP contribution in [0.1, 0.15) is 245 Å². The maximum atomic E-state index is 15.9. The van der Waals surface area contributed by atoms with E-state index in [9.17, 15) is 43.2 Å². The summed E-state index contributed by atoms with van der Waals surface area (Å²) >= 11 is 0. The van der Waals surface area contributed by atoms with E-state index in [1.165, 1.54) is 38.4 Å². The van der Waals surface area contributed by atoms with Crippen molar-refractivity contribution < 1.29 is 164 Å². The SMILES string of the molecule is COC(=O)C[C@H](C(=O)N1C[C@H](Oc2nc3cc(OC)ccc3nc2C(F)(F)CCCCC2CC2)[C@@H](C)[C@H]1[C-]=O)C1(C)CCOCC1.COc1ccc2nc3c(nc2c1)O[C@H]1CN(C(=O)[C@H](C2(C)CCOCC2)CC(=O)O[C@@H]2CC4CC4[C@H]2CCCCC3)[C@H]([C-]=O)[C@@H]1C.COc1ccc2nc3c(nc2c1)O[C@H]1CN(C(=O)[C@H](C2(C)CCOCC2)CC(=O)O[C@]2(C)CCC[C@H]2CCCCC3)[C@H]([C-]=O)[C@@H]1C.[V].[V].[V]. The van der Waals surface area contributed by atoms with Crippen LogP contribution in [0, 0.1) is 81.3 Å². The summed E-state index contributed by atoms with van der Waals surface area (Å²) in [5.74, 6) is -3.73. The molecule has 3 amide bonds. The number of esters is 3.